The molecule has 0 spiro atoms. The largest absolute Gasteiger partial charge is 0.490 e. The molecular formula is C21H17N3O2S. The van der Waals surface area contributed by atoms with E-state index in [4.69, 9.17) is 4.74 Å². The van der Waals surface area contributed by atoms with Crippen LogP contribution in [0.2, 0.25) is 0 Å². The van der Waals surface area contributed by atoms with Gasteiger partial charge in [0.2, 0.25) is 5.75 Å². The highest BCUT2D eigenvalue weighted by atomic mass is 32.1. The highest BCUT2D eigenvalue weighted by Gasteiger charge is 2.16. The number of methoxy groups -OCH3 is 1. The number of nitrogens with zero attached hydrogens (tertiary/aromatic N) is 3. The Kier molecular flexibility index (Phi) is 4.56. The lowest BCUT2D eigenvalue weighted by Gasteiger charge is -2.07. The third-order valence-corrected chi connectivity index (χ3v) is 5.05. The maximum atomic E-state index is 13.1. The fraction of sp³-hybridized carbons (Fsp3) is 0.0952. The molecule has 5 nitrogen and oxygen atoms in total. The Hall–Kier alpha value is -3.25. The van der Waals surface area contributed by atoms with Crippen molar-refractivity contribution in [2.75, 3.05) is 7.11 Å². The lowest BCUT2D eigenvalue weighted by atomic mass is 10.1. The standard InChI is InChI=1S/C21H17N3O2S/c1-14-5-8-16(9-6-14)18-13-27-21-23-17(19(26-2)20(25)24(18)21)10-7-15-4-3-11-22-12-15/h3-13H,1-2H3/b10-7+. The van der Waals surface area contributed by atoms with Crippen molar-refractivity contribution >= 4 is 28.4 Å². The molecule has 0 aliphatic carbocycles. The summed E-state index contributed by atoms with van der Waals surface area (Å²) in [7, 11) is 1.49. The van der Waals surface area contributed by atoms with Crippen LogP contribution in [0.1, 0.15) is 16.8 Å². The number of pyridine rings is 1. The number of hydrogen-bond acceptors (Lipinski definition) is 5. The van der Waals surface area contributed by atoms with Crippen LogP contribution >= 0.6 is 11.3 Å². The van der Waals surface area contributed by atoms with Crippen LogP contribution in [0.25, 0.3) is 28.4 Å². The van der Waals surface area contributed by atoms with Crippen LogP contribution in [0.15, 0.2) is 59.0 Å². The quantitative estimate of drug-likeness (QED) is 0.533. The first-order valence-electron chi connectivity index (χ1n) is 8.41. The average molecular weight is 375 g/mol. The second-order valence-electron chi connectivity index (χ2n) is 6.06. The number of benzene rings is 1. The Morgan fingerprint density at radius 3 is 2.67 bits per heavy atom. The number of hydrogen-bond donors (Lipinski definition) is 0. The first-order chi connectivity index (χ1) is 13.2. The van der Waals surface area contributed by atoms with Gasteiger partial charge in [0.1, 0.15) is 5.69 Å². The summed E-state index contributed by atoms with van der Waals surface area (Å²) in [5, 5.41) is 1.95. The Bertz CT molecular complexity index is 1180. The first-order valence-corrected chi connectivity index (χ1v) is 9.29. The summed E-state index contributed by atoms with van der Waals surface area (Å²) in [6.07, 6.45) is 7.10. The molecule has 27 heavy (non-hydrogen) atoms. The van der Waals surface area contributed by atoms with Gasteiger partial charge >= 0.3 is 5.56 Å². The molecule has 0 amide bonds. The van der Waals surface area contributed by atoms with Gasteiger partial charge < -0.3 is 4.74 Å². The number of aromatic nitrogens is 3. The maximum absolute atomic E-state index is 13.1. The minimum Gasteiger partial charge on any atom is -0.490 e. The van der Waals surface area contributed by atoms with E-state index in [2.05, 4.69) is 9.97 Å². The molecule has 0 saturated carbocycles. The van der Waals surface area contributed by atoms with E-state index in [0.717, 1.165) is 16.8 Å². The minimum absolute atomic E-state index is 0.217. The Morgan fingerprint density at radius 2 is 1.96 bits per heavy atom. The number of rotatable bonds is 4. The van der Waals surface area contributed by atoms with Crippen molar-refractivity contribution in [1.29, 1.82) is 0 Å². The van der Waals surface area contributed by atoms with Gasteiger partial charge in [-0.15, -0.1) is 11.3 Å². The van der Waals surface area contributed by atoms with Crippen molar-refractivity contribution in [3.05, 3.63) is 81.3 Å². The third-order valence-electron chi connectivity index (χ3n) is 4.22. The molecule has 0 aliphatic rings. The smallest absolute Gasteiger partial charge is 0.302 e. The molecule has 0 fully saturated rings. The second-order valence-corrected chi connectivity index (χ2v) is 6.90. The molecule has 0 aliphatic heterocycles. The average Bonchev–Trinajstić information content (AvgIpc) is 3.12. The molecule has 1 aromatic carbocycles. The van der Waals surface area contributed by atoms with Crippen molar-refractivity contribution in [2.24, 2.45) is 0 Å². The van der Waals surface area contributed by atoms with Gasteiger partial charge in [-0.05, 0) is 30.2 Å². The molecule has 3 heterocycles. The fourth-order valence-electron chi connectivity index (χ4n) is 2.83. The lowest BCUT2D eigenvalue weighted by molar-refractivity contribution is 0.404. The van der Waals surface area contributed by atoms with E-state index < -0.39 is 0 Å². The predicted molar refractivity (Wildman–Crippen MR) is 109 cm³/mol. The van der Waals surface area contributed by atoms with Gasteiger partial charge in [0.25, 0.3) is 0 Å². The van der Waals surface area contributed by atoms with Gasteiger partial charge in [-0.2, -0.15) is 0 Å². The van der Waals surface area contributed by atoms with E-state index in [9.17, 15) is 4.79 Å². The fourth-order valence-corrected chi connectivity index (χ4v) is 3.73. The number of fused-ring (bicyclic) bond motifs is 1. The van der Waals surface area contributed by atoms with Crippen LogP contribution in [0.3, 0.4) is 0 Å². The van der Waals surface area contributed by atoms with Crippen LogP contribution in [0, 0.1) is 6.92 Å². The molecular weight excluding hydrogens is 358 g/mol. The second kappa shape index (κ2) is 7.17. The van der Waals surface area contributed by atoms with Crippen LogP contribution in [0.5, 0.6) is 5.75 Å². The highest BCUT2D eigenvalue weighted by Crippen LogP contribution is 2.26. The molecule has 134 valence electrons. The zero-order valence-corrected chi connectivity index (χ0v) is 15.7. The Labute approximate surface area is 160 Å². The lowest BCUT2D eigenvalue weighted by Crippen LogP contribution is -2.18. The number of thiazole rings is 1. The van der Waals surface area contributed by atoms with E-state index in [1.807, 2.05) is 54.8 Å². The van der Waals surface area contributed by atoms with Gasteiger partial charge in [-0.25, -0.2) is 9.38 Å². The van der Waals surface area contributed by atoms with Crippen LogP contribution in [-0.2, 0) is 0 Å². The van der Waals surface area contributed by atoms with Gasteiger partial charge in [0.05, 0.1) is 12.8 Å². The van der Waals surface area contributed by atoms with Crippen LogP contribution < -0.4 is 10.3 Å². The van der Waals surface area contributed by atoms with E-state index in [-0.39, 0.29) is 11.3 Å². The highest BCUT2D eigenvalue weighted by molar-refractivity contribution is 7.15. The van der Waals surface area contributed by atoms with Crippen molar-refractivity contribution in [2.45, 2.75) is 6.92 Å². The van der Waals surface area contributed by atoms with Crippen LogP contribution in [0.4, 0.5) is 0 Å². The summed E-state index contributed by atoms with van der Waals surface area (Å²) in [6, 6.07) is 11.9. The van der Waals surface area contributed by atoms with E-state index >= 15 is 0 Å². The molecule has 6 heteroatoms. The Morgan fingerprint density at radius 1 is 1.15 bits per heavy atom. The first kappa shape index (κ1) is 17.2. The Balaban J connectivity index is 1.85. The molecule has 3 aromatic heterocycles. The molecule has 0 bridgehead atoms. The zero-order chi connectivity index (χ0) is 18.8. The van der Waals surface area contributed by atoms with E-state index in [1.165, 1.54) is 24.0 Å². The zero-order valence-electron chi connectivity index (χ0n) is 14.9. The summed E-state index contributed by atoms with van der Waals surface area (Å²) in [5.41, 5.74) is 4.16. The summed E-state index contributed by atoms with van der Waals surface area (Å²) >= 11 is 1.43. The van der Waals surface area contributed by atoms with Gasteiger partial charge in [0.15, 0.2) is 4.96 Å². The van der Waals surface area contributed by atoms with E-state index in [1.54, 1.807) is 22.9 Å². The monoisotopic (exact) mass is 375 g/mol. The summed E-state index contributed by atoms with van der Waals surface area (Å²) in [6.45, 7) is 2.03. The van der Waals surface area contributed by atoms with Crippen LogP contribution in [-0.4, -0.2) is 21.5 Å². The maximum Gasteiger partial charge on any atom is 0.302 e. The van der Waals surface area contributed by atoms with Crippen molar-refractivity contribution in [3.63, 3.8) is 0 Å². The van der Waals surface area contributed by atoms with Gasteiger partial charge in [0, 0.05) is 17.8 Å². The molecule has 4 rings (SSSR count). The molecule has 0 unspecified atom stereocenters. The number of aryl methyl sites for hydroxylation is 1. The third kappa shape index (κ3) is 3.27. The minimum atomic E-state index is -0.217. The van der Waals surface area contributed by atoms with Gasteiger partial charge in [-0.1, -0.05) is 42.0 Å². The molecule has 0 N–H and O–H groups in total. The predicted octanol–water partition coefficient (Wildman–Crippen LogP) is 4.31. The van der Waals surface area contributed by atoms with Crippen molar-refractivity contribution < 1.29 is 4.74 Å². The van der Waals surface area contributed by atoms with Crippen molar-refractivity contribution in [3.8, 4) is 17.0 Å². The molecule has 0 saturated heterocycles. The van der Waals surface area contributed by atoms with E-state index in [0.29, 0.717) is 10.7 Å². The molecule has 0 atom stereocenters. The van der Waals surface area contributed by atoms with Gasteiger partial charge in [-0.3, -0.25) is 9.78 Å². The molecule has 4 aromatic rings. The summed E-state index contributed by atoms with van der Waals surface area (Å²) in [5.74, 6) is 0.222. The topological polar surface area (TPSA) is 56.5 Å². The normalized spacial score (nSPS) is 11.3. The SMILES string of the molecule is COc1c(/C=C/c2cccnc2)nc2scc(-c3ccc(C)cc3)n2c1=O. The number of ether oxygens (including phenoxy) is 1. The molecule has 0 radical (unpaired) electrons. The van der Waals surface area contributed by atoms with Crippen molar-refractivity contribution in [1.82, 2.24) is 14.4 Å². The summed E-state index contributed by atoms with van der Waals surface area (Å²) < 4.78 is 7.00. The summed E-state index contributed by atoms with van der Waals surface area (Å²) in [4.78, 5) is 22.4.